The van der Waals surface area contributed by atoms with Gasteiger partial charge >= 0.3 is 0 Å². The molecule has 0 saturated carbocycles. The van der Waals surface area contributed by atoms with Crippen LogP contribution in [0, 0.1) is 0 Å². The summed E-state index contributed by atoms with van der Waals surface area (Å²) in [5, 5.41) is 3.93. The van der Waals surface area contributed by atoms with Crippen LogP contribution in [0.2, 0.25) is 0 Å². The van der Waals surface area contributed by atoms with Gasteiger partial charge in [-0.3, -0.25) is 0 Å². The Kier molecular flexibility index (Phi) is 6.29. The van der Waals surface area contributed by atoms with Gasteiger partial charge in [-0.25, -0.2) is 0 Å². The summed E-state index contributed by atoms with van der Waals surface area (Å²) in [6.45, 7) is 7.11. The zero-order chi connectivity index (χ0) is 15.1. The minimum atomic E-state index is 0.364. The molecule has 0 spiro atoms. The second-order valence-corrected chi connectivity index (χ2v) is 7.53. The van der Waals surface area contributed by atoms with E-state index in [9.17, 15) is 0 Å². The topological polar surface area (TPSA) is 0 Å². The van der Waals surface area contributed by atoms with Gasteiger partial charge in [0.2, 0.25) is 0 Å². The molecular formula is C20H30S. The molecule has 0 nitrogen and oxygen atoms in total. The lowest BCUT2D eigenvalue weighted by atomic mass is 9.74. The fourth-order valence-electron chi connectivity index (χ4n) is 3.35. The first-order valence-corrected chi connectivity index (χ1v) is 9.56. The predicted octanol–water partition coefficient (Wildman–Crippen LogP) is 7.32. The highest BCUT2D eigenvalue weighted by Gasteiger charge is 2.28. The van der Waals surface area contributed by atoms with Gasteiger partial charge in [-0.05, 0) is 40.7 Å². The molecule has 1 aromatic heterocycles. The van der Waals surface area contributed by atoms with Crippen LogP contribution in [0.25, 0.3) is 10.1 Å². The fraction of sp³-hybridized carbons (Fsp3) is 0.600. The van der Waals surface area contributed by atoms with Gasteiger partial charge in [0.15, 0.2) is 0 Å². The maximum Gasteiger partial charge on any atom is 0.0345 e. The van der Waals surface area contributed by atoms with E-state index in [0.29, 0.717) is 5.41 Å². The van der Waals surface area contributed by atoms with Crippen LogP contribution in [0.15, 0.2) is 29.6 Å². The largest absolute Gasteiger partial charge is 0.144 e. The van der Waals surface area contributed by atoms with Crippen molar-refractivity contribution < 1.29 is 0 Å². The number of fused-ring (bicyclic) bond motifs is 1. The maximum atomic E-state index is 2.50. The SMILES string of the molecule is CCCCCCC(C)(CCCC)c1csc2ccccc12. The van der Waals surface area contributed by atoms with Crippen molar-refractivity contribution in [1.82, 2.24) is 0 Å². The van der Waals surface area contributed by atoms with Gasteiger partial charge in [0.1, 0.15) is 0 Å². The van der Waals surface area contributed by atoms with Crippen LogP contribution in [-0.4, -0.2) is 0 Å². The van der Waals surface area contributed by atoms with Crippen LogP contribution in [0.1, 0.15) is 77.7 Å². The molecule has 1 aromatic carbocycles. The van der Waals surface area contributed by atoms with Gasteiger partial charge in [-0.2, -0.15) is 0 Å². The number of rotatable bonds is 9. The molecule has 0 N–H and O–H groups in total. The van der Waals surface area contributed by atoms with E-state index in [4.69, 9.17) is 0 Å². The van der Waals surface area contributed by atoms with Gasteiger partial charge in [0.05, 0.1) is 0 Å². The lowest BCUT2D eigenvalue weighted by molar-refractivity contribution is 0.372. The average Bonchev–Trinajstić information content (AvgIpc) is 2.94. The van der Waals surface area contributed by atoms with E-state index in [1.165, 1.54) is 61.5 Å². The van der Waals surface area contributed by atoms with Crippen LogP contribution in [-0.2, 0) is 5.41 Å². The Morgan fingerprint density at radius 3 is 2.38 bits per heavy atom. The number of hydrogen-bond donors (Lipinski definition) is 0. The predicted molar refractivity (Wildman–Crippen MR) is 97.5 cm³/mol. The van der Waals surface area contributed by atoms with E-state index in [2.05, 4.69) is 50.4 Å². The molecule has 1 unspecified atom stereocenters. The smallest absolute Gasteiger partial charge is 0.0345 e. The summed E-state index contributed by atoms with van der Waals surface area (Å²) in [6.07, 6.45) is 10.8. The van der Waals surface area contributed by atoms with Gasteiger partial charge in [0.25, 0.3) is 0 Å². The van der Waals surface area contributed by atoms with Crippen molar-refractivity contribution in [2.24, 2.45) is 0 Å². The van der Waals surface area contributed by atoms with E-state index in [1.807, 2.05) is 11.3 Å². The molecule has 1 atom stereocenters. The Bertz CT molecular complexity index is 540. The molecule has 0 fully saturated rings. The Morgan fingerprint density at radius 2 is 1.62 bits per heavy atom. The monoisotopic (exact) mass is 302 g/mol. The molecule has 1 heteroatoms. The quantitative estimate of drug-likeness (QED) is 0.426. The first-order valence-electron chi connectivity index (χ1n) is 8.68. The first-order chi connectivity index (χ1) is 10.2. The minimum absolute atomic E-state index is 0.364. The molecule has 2 rings (SSSR count). The van der Waals surface area contributed by atoms with Crippen molar-refractivity contribution in [3.63, 3.8) is 0 Å². The van der Waals surface area contributed by atoms with Gasteiger partial charge in [-0.15, -0.1) is 11.3 Å². The molecule has 0 bridgehead atoms. The lowest BCUT2D eigenvalue weighted by Gasteiger charge is -2.30. The highest BCUT2D eigenvalue weighted by Crippen LogP contribution is 2.41. The summed E-state index contributed by atoms with van der Waals surface area (Å²) in [5.41, 5.74) is 1.97. The van der Waals surface area contributed by atoms with E-state index in [0.717, 1.165) is 0 Å². The number of hydrogen-bond acceptors (Lipinski definition) is 1. The maximum absolute atomic E-state index is 2.50. The van der Waals surface area contributed by atoms with Gasteiger partial charge in [-0.1, -0.05) is 77.5 Å². The third-order valence-electron chi connectivity index (χ3n) is 4.80. The zero-order valence-corrected chi connectivity index (χ0v) is 14.8. The molecule has 0 amide bonds. The standard InChI is InChI=1S/C20H30S/c1-4-6-8-11-15-20(3,14-7-5-2)18-16-21-19-13-10-9-12-17(18)19/h9-10,12-13,16H,4-8,11,14-15H2,1-3H3. The van der Waals surface area contributed by atoms with Gasteiger partial charge < -0.3 is 0 Å². The summed E-state index contributed by atoms with van der Waals surface area (Å²) in [6, 6.07) is 8.93. The third kappa shape index (κ3) is 4.10. The van der Waals surface area contributed by atoms with Crippen LogP contribution in [0.3, 0.4) is 0 Å². The normalized spacial score (nSPS) is 14.4. The van der Waals surface area contributed by atoms with E-state index in [-0.39, 0.29) is 0 Å². The fourth-order valence-corrected chi connectivity index (χ4v) is 4.47. The molecule has 0 aliphatic carbocycles. The summed E-state index contributed by atoms with van der Waals surface area (Å²) >= 11 is 1.92. The van der Waals surface area contributed by atoms with Crippen molar-refractivity contribution in [3.8, 4) is 0 Å². The van der Waals surface area contributed by atoms with Crippen LogP contribution in [0.5, 0.6) is 0 Å². The Labute approximate surface area is 134 Å². The molecule has 0 saturated heterocycles. The van der Waals surface area contributed by atoms with Crippen LogP contribution >= 0.6 is 11.3 Å². The second-order valence-electron chi connectivity index (χ2n) is 6.62. The van der Waals surface area contributed by atoms with Crippen molar-refractivity contribution in [1.29, 1.82) is 0 Å². The second kappa shape index (κ2) is 7.98. The van der Waals surface area contributed by atoms with Crippen molar-refractivity contribution in [2.75, 3.05) is 0 Å². The summed E-state index contributed by atoms with van der Waals surface area (Å²) < 4.78 is 1.45. The molecule has 0 aliphatic rings. The molecule has 21 heavy (non-hydrogen) atoms. The minimum Gasteiger partial charge on any atom is -0.144 e. The van der Waals surface area contributed by atoms with E-state index >= 15 is 0 Å². The highest BCUT2D eigenvalue weighted by molar-refractivity contribution is 7.17. The van der Waals surface area contributed by atoms with Crippen molar-refractivity contribution in [3.05, 3.63) is 35.2 Å². The first kappa shape index (κ1) is 16.5. The van der Waals surface area contributed by atoms with Crippen LogP contribution in [0.4, 0.5) is 0 Å². The Morgan fingerprint density at radius 1 is 0.905 bits per heavy atom. The molecule has 1 heterocycles. The molecular weight excluding hydrogens is 272 g/mol. The third-order valence-corrected chi connectivity index (χ3v) is 5.76. The molecule has 116 valence electrons. The average molecular weight is 303 g/mol. The summed E-state index contributed by atoms with van der Waals surface area (Å²) in [4.78, 5) is 0. The van der Waals surface area contributed by atoms with Crippen LogP contribution < -0.4 is 0 Å². The van der Waals surface area contributed by atoms with Gasteiger partial charge in [0, 0.05) is 4.70 Å². The summed E-state index contributed by atoms with van der Waals surface area (Å²) in [7, 11) is 0. The molecule has 2 aromatic rings. The van der Waals surface area contributed by atoms with E-state index < -0.39 is 0 Å². The Balaban J connectivity index is 2.21. The van der Waals surface area contributed by atoms with E-state index in [1.54, 1.807) is 5.56 Å². The number of benzene rings is 1. The number of unbranched alkanes of at least 4 members (excludes halogenated alkanes) is 4. The van der Waals surface area contributed by atoms with Crippen molar-refractivity contribution >= 4 is 21.4 Å². The summed E-state index contributed by atoms with van der Waals surface area (Å²) in [5.74, 6) is 0. The Hall–Kier alpha value is -0.820. The molecule has 0 aliphatic heterocycles. The zero-order valence-electron chi connectivity index (χ0n) is 14.0. The molecule has 0 radical (unpaired) electrons. The highest BCUT2D eigenvalue weighted by atomic mass is 32.1. The number of thiophene rings is 1. The van der Waals surface area contributed by atoms with Crippen molar-refractivity contribution in [2.45, 2.75) is 77.6 Å². The lowest BCUT2D eigenvalue weighted by Crippen LogP contribution is -2.21.